The minimum absolute atomic E-state index is 0.244. The van der Waals surface area contributed by atoms with Gasteiger partial charge in [-0.3, -0.25) is 0 Å². The lowest BCUT2D eigenvalue weighted by atomic mass is 9.97. The molecule has 0 unspecified atom stereocenters. The van der Waals surface area contributed by atoms with Gasteiger partial charge >= 0.3 is 0 Å². The third kappa shape index (κ3) is 5.96. The first kappa shape index (κ1) is 19.1. The zero-order valence-electron chi connectivity index (χ0n) is 9.65. The molecule has 1 nitrogen and oxygen atoms in total. The molecule has 1 fully saturated rings. The predicted octanol–water partition coefficient (Wildman–Crippen LogP) is 2.02. The van der Waals surface area contributed by atoms with Gasteiger partial charge in [-0.05, 0) is 0 Å². The Labute approximate surface area is 139 Å². The van der Waals surface area contributed by atoms with Gasteiger partial charge in [-0.2, -0.15) is 0 Å². The first-order valence-corrected chi connectivity index (χ1v) is 10.7. The second-order valence-electron chi connectivity index (χ2n) is 3.77. The molecule has 0 aromatic heterocycles. The maximum Gasteiger partial charge on any atom is 0.0840 e. The lowest BCUT2D eigenvalue weighted by Crippen LogP contribution is -2.52. The molecule has 1 saturated carbocycles. The normalized spacial score (nSPS) is 42.5. The monoisotopic (exact) mass is 393 g/mol. The summed E-state index contributed by atoms with van der Waals surface area (Å²) in [7, 11) is 1.45. The summed E-state index contributed by atoms with van der Waals surface area (Å²) in [5.41, 5.74) is 0. The van der Waals surface area contributed by atoms with Crippen LogP contribution in [0.15, 0.2) is 0 Å². The number of nitrogens with one attached hydrogen (secondary N) is 1. The Morgan fingerprint density at radius 1 is 0.824 bits per heavy atom. The molecule has 0 spiro atoms. The van der Waals surface area contributed by atoms with Gasteiger partial charge in [0.1, 0.15) is 0 Å². The van der Waals surface area contributed by atoms with E-state index in [1.807, 2.05) is 0 Å². The van der Waals surface area contributed by atoms with E-state index in [2.05, 4.69) is 11.6 Å². The molecule has 1 N–H and O–H groups in total. The van der Waals surface area contributed by atoms with Crippen LogP contribution in [0, 0.1) is 0 Å². The van der Waals surface area contributed by atoms with Gasteiger partial charge in [0.15, 0.2) is 0 Å². The molecule has 0 saturated heterocycles. The van der Waals surface area contributed by atoms with Gasteiger partial charge in [0.25, 0.3) is 0 Å². The molecule has 0 amide bonds. The smallest absolute Gasteiger partial charge is 0.0840 e. The lowest BCUT2D eigenvalue weighted by Gasteiger charge is -2.37. The Kier molecular flexibility index (Phi) is 11.2. The second kappa shape index (κ2) is 9.95. The van der Waals surface area contributed by atoms with Crippen LogP contribution in [-0.4, -0.2) is 52.3 Å². The van der Waals surface area contributed by atoms with Crippen molar-refractivity contribution in [3.05, 3.63) is 0 Å². The summed E-state index contributed by atoms with van der Waals surface area (Å²) in [6.45, 7) is 2.23. The van der Waals surface area contributed by atoms with Crippen molar-refractivity contribution in [3.8, 4) is 0 Å². The summed E-state index contributed by atoms with van der Waals surface area (Å²) in [5, 5.41) is -2.62. The third-order valence-electron chi connectivity index (χ3n) is 2.33. The van der Waals surface area contributed by atoms with Crippen molar-refractivity contribution in [2.45, 2.75) is 45.2 Å². The van der Waals surface area contributed by atoms with E-state index < -0.39 is 32.3 Å². The highest BCUT2D eigenvalue weighted by Gasteiger charge is 2.46. The molecule has 104 valence electrons. The van der Waals surface area contributed by atoms with Gasteiger partial charge in [0.2, 0.25) is 0 Å². The Morgan fingerprint density at radius 2 is 1.06 bits per heavy atom. The van der Waals surface area contributed by atoms with Crippen LogP contribution in [0.2, 0.25) is 6.04 Å². The van der Waals surface area contributed by atoms with Crippen LogP contribution in [0.5, 0.6) is 0 Å². The average molecular weight is 396 g/mol. The van der Waals surface area contributed by atoms with Crippen LogP contribution in [-0.2, 0) is 0 Å². The van der Waals surface area contributed by atoms with E-state index in [9.17, 15) is 0 Å². The Balaban J connectivity index is 0.000000437. The molecule has 0 aliphatic heterocycles. The zero-order chi connectivity index (χ0) is 13.6. The van der Waals surface area contributed by atoms with E-state index in [0.29, 0.717) is 0 Å². The lowest BCUT2D eigenvalue weighted by molar-refractivity contribution is 0.544. The first-order chi connectivity index (χ1) is 7.88. The summed E-state index contributed by atoms with van der Waals surface area (Å²) < 4.78 is 3.30. The number of alkyl halides is 6. The Morgan fingerprint density at radius 3 is 1.12 bits per heavy atom. The highest BCUT2D eigenvalue weighted by atomic mass is 35.5. The summed E-state index contributed by atoms with van der Waals surface area (Å²) in [6.07, 6.45) is 0. The van der Waals surface area contributed by atoms with Crippen molar-refractivity contribution in [2.24, 2.45) is 0 Å². The first-order valence-electron chi connectivity index (χ1n) is 5.37. The van der Waals surface area contributed by atoms with Crippen LogP contribution in [0.25, 0.3) is 0 Å². The molecule has 0 aromatic rings. The van der Waals surface area contributed by atoms with E-state index in [1.165, 1.54) is 16.4 Å². The largest absolute Gasteiger partial charge is 0.372 e. The number of hydrogen-bond acceptors (Lipinski definition) is 1. The molecule has 17 heavy (non-hydrogen) atoms. The maximum atomic E-state index is 5.88. The number of halogens is 6. The van der Waals surface area contributed by atoms with Crippen LogP contribution < -0.4 is 4.65 Å². The van der Waals surface area contributed by atoms with Gasteiger partial charge in [-0.1, -0.05) is 13.0 Å². The van der Waals surface area contributed by atoms with E-state index >= 15 is 0 Å². The van der Waals surface area contributed by atoms with E-state index in [0.717, 1.165) is 0 Å². The van der Waals surface area contributed by atoms with Gasteiger partial charge in [0.05, 0.1) is 52.3 Å². The molecular formula is C8H17Cl6NSi2. The SMILES string of the molecule is CC[SiH2]N[SiH3].Cl[C@H]1[C@H](Cl)[C@@H](Cl)[C@@H](Cl)[C@H](Cl)[C@H]1Cl. The van der Waals surface area contributed by atoms with Crippen molar-refractivity contribution < 1.29 is 0 Å². The maximum absolute atomic E-state index is 5.88. The number of rotatable bonds is 2. The molecule has 1 aliphatic rings. The van der Waals surface area contributed by atoms with E-state index in [4.69, 9.17) is 69.6 Å². The molecule has 0 heterocycles. The fourth-order valence-corrected chi connectivity index (χ4v) is 5.63. The van der Waals surface area contributed by atoms with Crippen molar-refractivity contribution in [1.82, 2.24) is 4.65 Å². The quantitative estimate of drug-likeness (QED) is 0.557. The predicted molar refractivity (Wildman–Crippen MR) is 89.9 cm³/mol. The summed E-state index contributed by atoms with van der Waals surface area (Å²) in [6, 6.07) is 1.41. The molecule has 0 bridgehead atoms. The fourth-order valence-electron chi connectivity index (χ4n) is 1.30. The van der Waals surface area contributed by atoms with Crippen molar-refractivity contribution in [2.75, 3.05) is 0 Å². The second-order valence-corrected chi connectivity index (χ2v) is 11.1. The molecule has 1 rings (SSSR count). The topological polar surface area (TPSA) is 12.0 Å². The Bertz CT molecular complexity index is 152. The summed E-state index contributed by atoms with van der Waals surface area (Å²) >= 11 is 35.3. The Hall–Kier alpha value is 2.13. The van der Waals surface area contributed by atoms with Gasteiger partial charge in [-0.15, -0.1) is 69.6 Å². The van der Waals surface area contributed by atoms with Gasteiger partial charge < -0.3 is 4.65 Å². The van der Waals surface area contributed by atoms with Crippen molar-refractivity contribution in [3.63, 3.8) is 0 Å². The molecule has 0 radical (unpaired) electrons. The van der Waals surface area contributed by atoms with Crippen LogP contribution in [0.3, 0.4) is 0 Å². The van der Waals surface area contributed by atoms with Crippen LogP contribution in [0.4, 0.5) is 0 Å². The highest BCUT2D eigenvalue weighted by Crippen LogP contribution is 2.39. The summed E-state index contributed by atoms with van der Waals surface area (Å²) in [5.74, 6) is 0. The average Bonchev–Trinajstić information content (AvgIpc) is 2.33. The fraction of sp³-hybridized carbons (Fsp3) is 1.00. The molecule has 0 atom stereocenters. The van der Waals surface area contributed by atoms with E-state index in [1.54, 1.807) is 0 Å². The van der Waals surface area contributed by atoms with Gasteiger partial charge in [-0.25, -0.2) is 0 Å². The molecular weight excluding hydrogens is 379 g/mol. The summed E-state index contributed by atoms with van der Waals surface area (Å²) in [4.78, 5) is 0. The third-order valence-corrected chi connectivity index (χ3v) is 8.86. The molecule has 9 heteroatoms. The molecule has 1 aliphatic carbocycles. The number of hydrogen-bond donors (Lipinski definition) is 1. The molecule has 0 aromatic carbocycles. The zero-order valence-corrected chi connectivity index (χ0v) is 17.6. The van der Waals surface area contributed by atoms with Crippen molar-refractivity contribution in [1.29, 1.82) is 0 Å². The van der Waals surface area contributed by atoms with Crippen molar-refractivity contribution >= 4 is 89.7 Å². The standard InChI is InChI=1S/C6H6Cl6.C2H11NSi2/c7-1-2(8)4(10)6(12)5(11)3(1)9;1-2-5-3-4/h1-6H;3H,2,5H2,1,4H3/t1-,2-,3-,4+,5+,6+;. The minimum atomic E-state index is -0.437. The highest BCUT2D eigenvalue weighted by molar-refractivity contribution is 6.45. The minimum Gasteiger partial charge on any atom is -0.372 e. The van der Waals surface area contributed by atoms with E-state index in [-0.39, 0.29) is 9.68 Å². The van der Waals surface area contributed by atoms with Crippen LogP contribution >= 0.6 is 69.6 Å². The van der Waals surface area contributed by atoms with Gasteiger partial charge in [0, 0.05) is 0 Å². The van der Waals surface area contributed by atoms with Crippen LogP contribution in [0.1, 0.15) is 6.92 Å².